The molecule has 0 saturated heterocycles. The van der Waals surface area contributed by atoms with E-state index in [-0.39, 0.29) is 0 Å². The van der Waals surface area contributed by atoms with E-state index in [4.69, 9.17) is 23.1 Å². The lowest BCUT2D eigenvalue weighted by molar-refractivity contribution is -0.135. The first-order chi connectivity index (χ1) is 9.54. The number of carboxylic acid groups (broad SMARTS) is 1. The molecule has 0 bridgehead atoms. The third kappa shape index (κ3) is 5.21. The zero-order chi connectivity index (χ0) is 15.0. The SMILES string of the molecule is C#CCCCNC(=O)N(CC(=O)O)c1cccc(Cl)c1. The van der Waals surface area contributed by atoms with E-state index in [0.717, 1.165) is 4.90 Å². The van der Waals surface area contributed by atoms with Gasteiger partial charge in [0, 0.05) is 23.7 Å². The van der Waals surface area contributed by atoms with E-state index in [9.17, 15) is 9.59 Å². The number of carboxylic acids is 1. The summed E-state index contributed by atoms with van der Waals surface area (Å²) in [4.78, 5) is 24.0. The van der Waals surface area contributed by atoms with Crippen LogP contribution in [0.15, 0.2) is 24.3 Å². The van der Waals surface area contributed by atoms with Gasteiger partial charge in [0.25, 0.3) is 0 Å². The van der Waals surface area contributed by atoms with Crippen LogP contribution in [0.1, 0.15) is 12.8 Å². The summed E-state index contributed by atoms with van der Waals surface area (Å²) in [6.07, 6.45) is 6.30. The summed E-state index contributed by atoms with van der Waals surface area (Å²) in [7, 11) is 0. The summed E-state index contributed by atoms with van der Waals surface area (Å²) in [6.45, 7) is -0.0545. The van der Waals surface area contributed by atoms with Gasteiger partial charge in [0.15, 0.2) is 0 Å². The lowest BCUT2D eigenvalue weighted by Gasteiger charge is -2.21. The molecule has 0 aliphatic carbocycles. The number of terminal acetylenes is 1. The molecule has 1 rings (SSSR count). The first-order valence-corrected chi connectivity index (χ1v) is 6.38. The fourth-order valence-electron chi connectivity index (χ4n) is 1.54. The van der Waals surface area contributed by atoms with Crippen molar-refractivity contribution in [3.05, 3.63) is 29.3 Å². The van der Waals surface area contributed by atoms with Gasteiger partial charge in [-0.05, 0) is 24.6 Å². The number of halogens is 1. The van der Waals surface area contributed by atoms with E-state index >= 15 is 0 Å². The highest BCUT2D eigenvalue weighted by Crippen LogP contribution is 2.19. The Morgan fingerprint density at radius 3 is 2.80 bits per heavy atom. The predicted molar refractivity (Wildman–Crippen MR) is 77.9 cm³/mol. The first kappa shape index (κ1) is 15.9. The lowest BCUT2D eigenvalue weighted by atomic mass is 10.3. The summed E-state index contributed by atoms with van der Waals surface area (Å²) in [5, 5.41) is 11.9. The van der Waals surface area contributed by atoms with Crippen LogP contribution in [-0.4, -0.2) is 30.2 Å². The van der Waals surface area contributed by atoms with Crippen molar-refractivity contribution in [1.29, 1.82) is 0 Å². The van der Waals surface area contributed by atoms with Gasteiger partial charge in [-0.1, -0.05) is 17.7 Å². The molecule has 5 nitrogen and oxygen atoms in total. The minimum atomic E-state index is -1.11. The van der Waals surface area contributed by atoms with Gasteiger partial charge in [0.05, 0.1) is 0 Å². The second kappa shape index (κ2) is 8.08. The van der Waals surface area contributed by atoms with Crippen molar-refractivity contribution in [1.82, 2.24) is 5.32 Å². The topological polar surface area (TPSA) is 69.6 Å². The van der Waals surface area contributed by atoms with Gasteiger partial charge in [-0.15, -0.1) is 12.3 Å². The van der Waals surface area contributed by atoms with Gasteiger partial charge in [-0.25, -0.2) is 4.79 Å². The second-order valence-electron chi connectivity index (χ2n) is 4.00. The van der Waals surface area contributed by atoms with Crippen molar-refractivity contribution in [2.45, 2.75) is 12.8 Å². The Kier molecular flexibility index (Phi) is 6.41. The summed E-state index contributed by atoms with van der Waals surface area (Å²) in [6, 6.07) is 5.96. The Morgan fingerprint density at radius 1 is 1.45 bits per heavy atom. The molecule has 0 radical (unpaired) electrons. The van der Waals surface area contributed by atoms with Crippen LogP contribution in [0.5, 0.6) is 0 Å². The Balaban J connectivity index is 2.76. The third-order valence-electron chi connectivity index (χ3n) is 2.43. The maximum Gasteiger partial charge on any atom is 0.323 e. The minimum absolute atomic E-state index is 0.389. The maximum absolute atomic E-state index is 12.0. The number of amides is 2. The van der Waals surface area contributed by atoms with E-state index in [1.807, 2.05) is 0 Å². The molecule has 0 fully saturated rings. The highest BCUT2D eigenvalue weighted by Gasteiger charge is 2.18. The highest BCUT2D eigenvalue weighted by atomic mass is 35.5. The van der Waals surface area contributed by atoms with Crippen molar-refractivity contribution in [2.75, 3.05) is 18.0 Å². The zero-order valence-electron chi connectivity index (χ0n) is 10.8. The molecule has 2 amide bonds. The van der Waals surface area contributed by atoms with Crippen LogP contribution >= 0.6 is 11.6 Å². The molecule has 0 heterocycles. The van der Waals surface area contributed by atoms with Crippen LogP contribution in [0, 0.1) is 12.3 Å². The minimum Gasteiger partial charge on any atom is -0.480 e. The molecule has 0 aliphatic heterocycles. The number of urea groups is 1. The Hall–Kier alpha value is -2.19. The van der Waals surface area contributed by atoms with Crippen LogP contribution in [0.4, 0.5) is 10.5 Å². The monoisotopic (exact) mass is 294 g/mol. The van der Waals surface area contributed by atoms with Crippen molar-refractivity contribution >= 4 is 29.3 Å². The van der Waals surface area contributed by atoms with E-state index < -0.39 is 18.5 Å². The normalized spacial score (nSPS) is 9.60. The van der Waals surface area contributed by atoms with Crippen LogP contribution < -0.4 is 10.2 Å². The summed E-state index contributed by atoms with van der Waals surface area (Å²) in [5.41, 5.74) is 0.425. The largest absolute Gasteiger partial charge is 0.480 e. The highest BCUT2D eigenvalue weighted by molar-refractivity contribution is 6.30. The molecule has 0 atom stereocenters. The number of benzene rings is 1. The number of nitrogens with one attached hydrogen (secondary N) is 1. The molecule has 106 valence electrons. The van der Waals surface area contributed by atoms with Crippen LogP contribution in [0.2, 0.25) is 5.02 Å². The zero-order valence-corrected chi connectivity index (χ0v) is 11.6. The number of aliphatic carboxylic acids is 1. The number of unbranched alkanes of at least 4 members (excludes halogenated alkanes) is 1. The molecule has 2 N–H and O–H groups in total. The second-order valence-corrected chi connectivity index (χ2v) is 4.44. The summed E-state index contributed by atoms with van der Waals surface area (Å²) in [5.74, 6) is 1.36. The average molecular weight is 295 g/mol. The number of carbonyl (C=O) groups is 2. The van der Waals surface area contributed by atoms with Crippen LogP contribution in [0.25, 0.3) is 0 Å². The van der Waals surface area contributed by atoms with Crippen LogP contribution in [0.3, 0.4) is 0 Å². The van der Waals surface area contributed by atoms with Gasteiger partial charge in [0.2, 0.25) is 0 Å². The number of carbonyl (C=O) groups excluding carboxylic acids is 1. The molecule has 1 aromatic rings. The van der Waals surface area contributed by atoms with Crippen LogP contribution in [-0.2, 0) is 4.79 Å². The number of hydrogen-bond donors (Lipinski definition) is 2. The van der Waals surface area contributed by atoms with Gasteiger partial charge in [-0.2, -0.15) is 0 Å². The standard InChI is InChI=1S/C14H15ClN2O3/c1-2-3-4-8-16-14(20)17(10-13(18)19)12-7-5-6-11(15)9-12/h1,5-7,9H,3-4,8,10H2,(H,16,20)(H,18,19). The van der Waals surface area contributed by atoms with Crippen molar-refractivity contribution in [2.24, 2.45) is 0 Å². The maximum atomic E-state index is 12.0. The fraction of sp³-hybridized carbons (Fsp3) is 0.286. The molecule has 0 aliphatic rings. The van der Waals surface area contributed by atoms with E-state index in [2.05, 4.69) is 11.2 Å². The van der Waals surface area contributed by atoms with Gasteiger partial charge < -0.3 is 10.4 Å². The Labute approximate surface area is 122 Å². The Morgan fingerprint density at radius 2 is 2.20 bits per heavy atom. The summed E-state index contributed by atoms with van der Waals surface area (Å²) < 4.78 is 0. The summed E-state index contributed by atoms with van der Waals surface area (Å²) >= 11 is 5.85. The Bertz CT molecular complexity index is 525. The molecule has 0 aromatic heterocycles. The van der Waals surface area contributed by atoms with Crippen molar-refractivity contribution in [3.63, 3.8) is 0 Å². The van der Waals surface area contributed by atoms with Gasteiger partial charge in [0.1, 0.15) is 6.54 Å². The predicted octanol–water partition coefficient (Wildman–Crippen LogP) is 2.35. The molecule has 0 saturated carbocycles. The molecular formula is C14H15ClN2O3. The van der Waals surface area contributed by atoms with Crippen molar-refractivity contribution in [3.8, 4) is 12.3 Å². The number of hydrogen-bond acceptors (Lipinski definition) is 2. The number of nitrogens with zero attached hydrogens (tertiary/aromatic N) is 1. The molecule has 0 unspecified atom stereocenters. The average Bonchev–Trinajstić information content (AvgIpc) is 2.40. The lowest BCUT2D eigenvalue weighted by Crippen LogP contribution is -2.43. The third-order valence-corrected chi connectivity index (χ3v) is 2.67. The molecule has 6 heteroatoms. The molecule has 20 heavy (non-hydrogen) atoms. The number of rotatable bonds is 6. The first-order valence-electron chi connectivity index (χ1n) is 6.00. The van der Waals surface area contributed by atoms with E-state index in [1.54, 1.807) is 18.2 Å². The molecular weight excluding hydrogens is 280 g/mol. The molecule has 1 aromatic carbocycles. The fourth-order valence-corrected chi connectivity index (χ4v) is 1.73. The van der Waals surface area contributed by atoms with Crippen molar-refractivity contribution < 1.29 is 14.7 Å². The number of anilines is 1. The van der Waals surface area contributed by atoms with E-state index in [0.29, 0.717) is 30.1 Å². The van der Waals surface area contributed by atoms with Gasteiger partial charge >= 0.3 is 12.0 Å². The smallest absolute Gasteiger partial charge is 0.323 e. The molecule has 0 spiro atoms. The van der Waals surface area contributed by atoms with E-state index in [1.165, 1.54) is 6.07 Å². The van der Waals surface area contributed by atoms with Gasteiger partial charge in [-0.3, -0.25) is 9.69 Å². The quantitative estimate of drug-likeness (QED) is 0.625.